The van der Waals surface area contributed by atoms with Crippen molar-refractivity contribution in [1.82, 2.24) is 5.32 Å². The van der Waals surface area contributed by atoms with Gasteiger partial charge in [0.2, 0.25) is 0 Å². The van der Waals surface area contributed by atoms with Crippen molar-refractivity contribution in [2.24, 2.45) is 11.8 Å². The van der Waals surface area contributed by atoms with Gasteiger partial charge in [-0.15, -0.1) is 0 Å². The highest BCUT2D eigenvalue weighted by Crippen LogP contribution is 2.28. The summed E-state index contributed by atoms with van der Waals surface area (Å²) in [5.41, 5.74) is 0. The van der Waals surface area contributed by atoms with Crippen molar-refractivity contribution in [3.8, 4) is 0 Å². The maximum absolute atomic E-state index is 5.79. The second kappa shape index (κ2) is 5.36. The second-order valence-corrected chi connectivity index (χ2v) is 4.53. The Hall–Kier alpha value is -0.760. The van der Waals surface area contributed by atoms with Crippen LogP contribution in [0.25, 0.3) is 0 Å². The summed E-state index contributed by atoms with van der Waals surface area (Å²) in [5, 5.41) is 3.34. The third kappa shape index (κ3) is 2.85. The Kier molecular flexibility index (Phi) is 4.40. The van der Waals surface area contributed by atoms with Gasteiger partial charge in [0.05, 0.1) is 6.04 Å². The molecule has 1 rings (SSSR count). The lowest BCUT2D eigenvalue weighted by Crippen LogP contribution is -2.26. The molecule has 2 nitrogen and oxygen atoms in total. The van der Waals surface area contributed by atoms with Gasteiger partial charge in [-0.3, -0.25) is 0 Å². The van der Waals surface area contributed by atoms with Crippen LogP contribution in [0.4, 0.5) is 0 Å². The molecule has 2 unspecified atom stereocenters. The maximum Gasteiger partial charge on any atom is 0.121 e. The molecule has 0 saturated carbocycles. The monoisotopic (exact) mass is 209 g/mol. The van der Waals surface area contributed by atoms with E-state index in [-0.39, 0.29) is 0 Å². The van der Waals surface area contributed by atoms with Gasteiger partial charge in [0.25, 0.3) is 0 Å². The number of furan rings is 1. The first kappa shape index (κ1) is 12.3. The first-order chi connectivity index (χ1) is 7.10. The summed E-state index contributed by atoms with van der Waals surface area (Å²) in [6, 6.07) is 4.50. The van der Waals surface area contributed by atoms with Crippen LogP contribution in [0.5, 0.6) is 0 Å². The lowest BCUT2D eigenvalue weighted by atomic mass is 9.89. The summed E-state index contributed by atoms with van der Waals surface area (Å²) in [6.07, 6.45) is 0.965. The smallest absolute Gasteiger partial charge is 0.121 e. The summed E-state index contributed by atoms with van der Waals surface area (Å²) in [6.45, 7) is 8.88. The summed E-state index contributed by atoms with van der Waals surface area (Å²) in [7, 11) is 2.00. The van der Waals surface area contributed by atoms with Crippen molar-refractivity contribution in [2.45, 2.75) is 40.2 Å². The minimum Gasteiger partial charge on any atom is -0.464 e. The van der Waals surface area contributed by atoms with Gasteiger partial charge in [0, 0.05) is 6.42 Å². The Balaban J connectivity index is 2.82. The Labute approximate surface area is 93.1 Å². The predicted octanol–water partition coefficient (Wildman–Crippen LogP) is 3.39. The van der Waals surface area contributed by atoms with E-state index in [0.717, 1.165) is 17.9 Å². The van der Waals surface area contributed by atoms with E-state index >= 15 is 0 Å². The first-order valence-electron chi connectivity index (χ1n) is 5.86. The lowest BCUT2D eigenvalue weighted by Gasteiger charge is -2.24. The molecule has 0 fully saturated rings. The van der Waals surface area contributed by atoms with E-state index in [9.17, 15) is 0 Å². The van der Waals surface area contributed by atoms with Gasteiger partial charge in [-0.05, 0) is 31.0 Å². The van der Waals surface area contributed by atoms with Crippen LogP contribution in [0.2, 0.25) is 0 Å². The van der Waals surface area contributed by atoms with Gasteiger partial charge in [-0.25, -0.2) is 0 Å². The van der Waals surface area contributed by atoms with Crippen molar-refractivity contribution >= 4 is 0 Å². The van der Waals surface area contributed by atoms with Crippen LogP contribution in [0.3, 0.4) is 0 Å². The number of hydrogen-bond donors (Lipinski definition) is 1. The highest BCUT2D eigenvalue weighted by Gasteiger charge is 2.22. The summed E-state index contributed by atoms with van der Waals surface area (Å²) >= 11 is 0. The zero-order chi connectivity index (χ0) is 11.4. The van der Waals surface area contributed by atoms with E-state index < -0.39 is 0 Å². The molecule has 1 N–H and O–H groups in total. The molecule has 0 aliphatic rings. The van der Waals surface area contributed by atoms with E-state index in [0.29, 0.717) is 17.9 Å². The molecule has 2 heteroatoms. The average Bonchev–Trinajstić information content (AvgIpc) is 2.67. The van der Waals surface area contributed by atoms with Gasteiger partial charge < -0.3 is 9.73 Å². The Morgan fingerprint density at radius 2 is 1.93 bits per heavy atom. The topological polar surface area (TPSA) is 25.2 Å². The molecule has 0 aliphatic carbocycles. The van der Waals surface area contributed by atoms with Crippen LogP contribution in [-0.4, -0.2) is 7.05 Å². The predicted molar refractivity (Wildman–Crippen MR) is 63.9 cm³/mol. The molecule has 0 spiro atoms. The SMILES string of the molecule is CCc1ccc(C(NC)C(C)C(C)C)o1. The molecular weight excluding hydrogens is 186 g/mol. The third-order valence-corrected chi connectivity index (χ3v) is 3.23. The fourth-order valence-corrected chi connectivity index (χ4v) is 1.80. The number of hydrogen-bond acceptors (Lipinski definition) is 2. The van der Waals surface area contributed by atoms with Gasteiger partial charge in [-0.1, -0.05) is 27.7 Å². The highest BCUT2D eigenvalue weighted by molar-refractivity contribution is 5.11. The average molecular weight is 209 g/mol. The van der Waals surface area contributed by atoms with Crippen LogP contribution in [-0.2, 0) is 6.42 Å². The molecule has 86 valence electrons. The second-order valence-electron chi connectivity index (χ2n) is 4.53. The van der Waals surface area contributed by atoms with Crippen LogP contribution in [0.1, 0.15) is 45.3 Å². The van der Waals surface area contributed by atoms with Crippen molar-refractivity contribution in [3.05, 3.63) is 23.7 Å². The lowest BCUT2D eigenvalue weighted by molar-refractivity contribution is 0.275. The first-order valence-corrected chi connectivity index (χ1v) is 5.86. The summed E-state index contributed by atoms with van der Waals surface area (Å²) < 4.78 is 5.79. The fourth-order valence-electron chi connectivity index (χ4n) is 1.80. The van der Waals surface area contributed by atoms with E-state index in [2.05, 4.69) is 45.1 Å². The number of rotatable bonds is 5. The molecule has 0 amide bonds. The Morgan fingerprint density at radius 3 is 2.33 bits per heavy atom. The maximum atomic E-state index is 5.79. The van der Waals surface area contributed by atoms with Crippen LogP contribution in [0, 0.1) is 11.8 Å². The highest BCUT2D eigenvalue weighted by atomic mass is 16.3. The van der Waals surface area contributed by atoms with E-state index in [1.165, 1.54) is 0 Å². The van der Waals surface area contributed by atoms with Crippen LogP contribution in [0.15, 0.2) is 16.5 Å². The zero-order valence-electron chi connectivity index (χ0n) is 10.5. The van der Waals surface area contributed by atoms with Gasteiger partial charge >= 0.3 is 0 Å². The molecular formula is C13H23NO. The normalized spacial score (nSPS) is 15.6. The molecule has 0 aliphatic heterocycles. The molecule has 0 saturated heterocycles. The van der Waals surface area contributed by atoms with Gasteiger partial charge in [-0.2, -0.15) is 0 Å². The molecule has 1 aromatic heterocycles. The Morgan fingerprint density at radius 1 is 1.27 bits per heavy atom. The van der Waals surface area contributed by atoms with Gasteiger partial charge in [0.15, 0.2) is 0 Å². The summed E-state index contributed by atoms with van der Waals surface area (Å²) in [5.74, 6) is 3.36. The third-order valence-electron chi connectivity index (χ3n) is 3.23. The fraction of sp³-hybridized carbons (Fsp3) is 0.692. The number of nitrogens with one attached hydrogen (secondary N) is 1. The van der Waals surface area contributed by atoms with Gasteiger partial charge in [0.1, 0.15) is 11.5 Å². The number of aryl methyl sites for hydroxylation is 1. The molecule has 0 bridgehead atoms. The van der Waals surface area contributed by atoms with Crippen molar-refractivity contribution in [3.63, 3.8) is 0 Å². The molecule has 1 heterocycles. The van der Waals surface area contributed by atoms with E-state index in [4.69, 9.17) is 4.42 Å². The standard InChI is InChI=1S/C13H23NO/c1-6-11-7-8-12(15-11)13(14-5)10(4)9(2)3/h7-10,13-14H,6H2,1-5H3. The van der Waals surface area contributed by atoms with Crippen LogP contribution < -0.4 is 5.32 Å². The molecule has 0 aromatic carbocycles. The summed E-state index contributed by atoms with van der Waals surface area (Å²) in [4.78, 5) is 0. The molecule has 15 heavy (non-hydrogen) atoms. The Bertz CT molecular complexity index is 290. The quantitative estimate of drug-likeness (QED) is 0.804. The molecule has 2 atom stereocenters. The minimum atomic E-state index is 0.324. The molecule has 0 radical (unpaired) electrons. The largest absolute Gasteiger partial charge is 0.464 e. The minimum absolute atomic E-state index is 0.324. The van der Waals surface area contributed by atoms with Crippen molar-refractivity contribution < 1.29 is 4.42 Å². The van der Waals surface area contributed by atoms with Crippen LogP contribution >= 0.6 is 0 Å². The van der Waals surface area contributed by atoms with Crippen molar-refractivity contribution in [2.75, 3.05) is 7.05 Å². The van der Waals surface area contributed by atoms with E-state index in [1.807, 2.05) is 7.05 Å². The van der Waals surface area contributed by atoms with Crippen molar-refractivity contribution in [1.29, 1.82) is 0 Å². The molecule has 1 aromatic rings. The zero-order valence-corrected chi connectivity index (χ0v) is 10.5. The van der Waals surface area contributed by atoms with E-state index in [1.54, 1.807) is 0 Å².